The molecule has 0 atom stereocenters. The van der Waals surface area contributed by atoms with E-state index >= 15 is 0 Å². The van der Waals surface area contributed by atoms with Crippen molar-refractivity contribution < 1.29 is 0 Å². The minimum Gasteiger partial charge on any atom is -0.375 e. The molecule has 0 fully saturated rings. The van der Waals surface area contributed by atoms with Crippen molar-refractivity contribution in [2.24, 2.45) is 10.8 Å². The van der Waals surface area contributed by atoms with E-state index in [9.17, 15) is 0 Å². The Morgan fingerprint density at radius 2 is 2.23 bits per heavy atom. The van der Waals surface area contributed by atoms with Gasteiger partial charge in [0, 0.05) is 0 Å². The van der Waals surface area contributed by atoms with Crippen molar-refractivity contribution in [3.8, 4) is 0 Å². The smallest absolute Gasteiger partial charge is 0.184 e. The van der Waals surface area contributed by atoms with E-state index in [1.165, 1.54) is 0 Å². The maximum atomic E-state index is 5.20. The van der Waals surface area contributed by atoms with Gasteiger partial charge < -0.3 is 5.73 Å². The molecular weight excluding hydrogens is 182 g/mol. The lowest BCUT2D eigenvalue weighted by Crippen LogP contribution is -2.24. The molecule has 0 radical (unpaired) electrons. The minimum atomic E-state index is 0.171. The fraction of sp³-hybridized carbons (Fsp3) is 0.111. The molecule has 0 unspecified atom stereocenters. The highest BCUT2D eigenvalue weighted by Gasteiger charge is 1.90. The van der Waals surface area contributed by atoms with Crippen molar-refractivity contribution >= 4 is 23.5 Å². The van der Waals surface area contributed by atoms with Gasteiger partial charge in [0.1, 0.15) is 0 Å². The van der Waals surface area contributed by atoms with E-state index in [0.717, 1.165) is 11.1 Å². The van der Waals surface area contributed by atoms with Gasteiger partial charge in [-0.05, 0) is 30.3 Å². The maximum absolute atomic E-state index is 5.20. The lowest BCUT2D eigenvalue weighted by atomic mass is 10.1. The number of rotatable bonds is 2. The normalized spacial score (nSPS) is 10.2. The Hall–Kier alpha value is -1.42. The van der Waals surface area contributed by atoms with E-state index < -0.39 is 0 Å². The zero-order valence-electron chi connectivity index (χ0n) is 7.32. The largest absolute Gasteiger partial charge is 0.375 e. The molecule has 0 aromatic heterocycles. The molecule has 1 aromatic carbocycles. The molecule has 0 bridgehead atoms. The molecular formula is C9H11N3S. The second-order valence-corrected chi connectivity index (χ2v) is 3.03. The molecule has 3 N–H and O–H groups in total. The van der Waals surface area contributed by atoms with Gasteiger partial charge in [-0.1, -0.05) is 24.3 Å². The number of hydrogen-bond donors (Lipinski definition) is 2. The van der Waals surface area contributed by atoms with Crippen molar-refractivity contribution in [2.75, 3.05) is 0 Å². The topological polar surface area (TPSA) is 50.4 Å². The van der Waals surface area contributed by atoms with Gasteiger partial charge in [0.25, 0.3) is 0 Å². The van der Waals surface area contributed by atoms with Crippen molar-refractivity contribution in [1.82, 2.24) is 5.43 Å². The highest BCUT2D eigenvalue weighted by molar-refractivity contribution is 7.80. The number of nitrogens with zero attached hydrogens (tertiary/aromatic N) is 1. The van der Waals surface area contributed by atoms with Gasteiger partial charge in [-0.25, -0.2) is 0 Å². The summed E-state index contributed by atoms with van der Waals surface area (Å²) in [4.78, 5) is 0. The van der Waals surface area contributed by atoms with E-state index in [0.29, 0.717) is 0 Å². The molecule has 1 aromatic rings. The molecule has 0 heterocycles. The Balaban J connectivity index is 2.68. The number of benzene rings is 1. The Morgan fingerprint density at radius 3 is 2.85 bits per heavy atom. The molecule has 13 heavy (non-hydrogen) atoms. The molecule has 3 nitrogen and oxygen atoms in total. The van der Waals surface area contributed by atoms with Crippen molar-refractivity contribution in [3.63, 3.8) is 0 Å². The first kappa shape index (κ1) is 9.67. The van der Waals surface area contributed by atoms with Crippen LogP contribution in [0.4, 0.5) is 0 Å². The molecule has 0 aliphatic heterocycles. The number of hydrogen-bond acceptors (Lipinski definition) is 2. The Kier molecular flexibility index (Phi) is 3.40. The molecule has 0 aliphatic carbocycles. The first-order valence-electron chi connectivity index (χ1n) is 3.84. The molecule has 68 valence electrons. The fourth-order valence-electron chi connectivity index (χ4n) is 0.897. The highest BCUT2D eigenvalue weighted by atomic mass is 32.1. The van der Waals surface area contributed by atoms with Crippen LogP contribution in [0.5, 0.6) is 0 Å². The summed E-state index contributed by atoms with van der Waals surface area (Å²) in [6.45, 7) is 2.02. The molecule has 0 amide bonds. The quantitative estimate of drug-likeness (QED) is 0.421. The number of thiocarbonyl (C=S) groups is 1. The average molecular weight is 193 g/mol. The highest BCUT2D eigenvalue weighted by Crippen LogP contribution is 2.02. The van der Waals surface area contributed by atoms with Gasteiger partial charge >= 0.3 is 0 Å². The first-order chi connectivity index (χ1) is 6.20. The van der Waals surface area contributed by atoms with Crippen molar-refractivity contribution in [2.45, 2.75) is 6.92 Å². The van der Waals surface area contributed by atoms with Crippen LogP contribution in [0, 0.1) is 6.92 Å². The third kappa shape index (κ3) is 3.21. The summed E-state index contributed by atoms with van der Waals surface area (Å²) in [6, 6.07) is 7.92. The minimum absolute atomic E-state index is 0.171. The predicted molar refractivity (Wildman–Crippen MR) is 58.7 cm³/mol. The summed E-state index contributed by atoms with van der Waals surface area (Å²) >= 11 is 4.60. The van der Waals surface area contributed by atoms with Crippen LogP contribution in [-0.4, -0.2) is 11.3 Å². The van der Waals surface area contributed by atoms with Crippen LogP contribution in [0.25, 0.3) is 0 Å². The standard InChI is InChI=1S/C9H11N3S/c1-7-4-2-3-5-8(7)6-11-12-9(10)13/h2-6H,1H3,(H3,10,12,13)/b11-6+. The van der Waals surface area contributed by atoms with E-state index in [4.69, 9.17) is 5.73 Å². The first-order valence-corrected chi connectivity index (χ1v) is 4.25. The predicted octanol–water partition coefficient (Wildman–Crippen LogP) is 1.16. The van der Waals surface area contributed by atoms with Gasteiger partial charge in [0.05, 0.1) is 6.21 Å². The van der Waals surface area contributed by atoms with Gasteiger partial charge in [-0.2, -0.15) is 5.10 Å². The second-order valence-electron chi connectivity index (χ2n) is 2.59. The molecule has 0 saturated carbocycles. The van der Waals surface area contributed by atoms with Gasteiger partial charge in [0.15, 0.2) is 5.11 Å². The van der Waals surface area contributed by atoms with Crippen molar-refractivity contribution in [1.29, 1.82) is 0 Å². The Morgan fingerprint density at radius 1 is 1.54 bits per heavy atom. The van der Waals surface area contributed by atoms with Gasteiger partial charge in [-0.15, -0.1) is 0 Å². The lowest BCUT2D eigenvalue weighted by Gasteiger charge is -1.98. The second kappa shape index (κ2) is 4.57. The van der Waals surface area contributed by atoms with E-state index in [2.05, 4.69) is 22.7 Å². The van der Waals surface area contributed by atoms with Crippen molar-refractivity contribution in [3.05, 3.63) is 35.4 Å². The van der Waals surface area contributed by atoms with Crippen LogP contribution >= 0.6 is 12.2 Å². The number of aryl methyl sites for hydroxylation is 1. The SMILES string of the molecule is Cc1ccccc1/C=N/NC(N)=S. The average Bonchev–Trinajstić information content (AvgIpc) is 2.08. The summed E-state index contributed by atoms with van der Waals surface area (Å²) < 4.78 is 0. The summed E-state index contributed by atoms with van der Waals surface area (Å²) in [7, 11) is 0. The summed E-state index contributed by atoms with van der Waals surface area (Å²) in [5.41, 5.74) is 9.91. The third-order valence-corrected chi connectivity index (χ3v) is 1.66. The molecule has 0 spiro atoms. The van der Waals surface area contributed by atoms with Gasteiger partial charge in [-0.3, -0.25) is 5.43 Å². The number of nitrogens with two attached hydrogens (primary N) is 1. The maximum Gasteiger partial charge on any atom is 0.184 e. The Labute approximate surface area is 82.6 Å². The van der Waals surface area contributed by atoms with Crippen LogP contribution in [0.2, 0.25) is 0 Å². The molecule has 0 saturated heterocycles. The van der Waals surface area contributed by atoms with Crippen LogP contribution in [0.15, 0.2) is 29.4 Å². The van der Waals surface area contributed by atoms with E-state index in [1.54, 1.807) is 6.21 Å². The number of hydrazone groups is 1. The third-order valence-electron chi connectivity index (χ3n) is 1.57. The van der Waals surface area contributed by atoms with E-state index in [-0.39, 0.29) is 5.11 Å². The fourth-order valence-corrected chi connectivity index (χ4v) is 0.950. The summed E-state index contributed by atoms with van der Waals surface area (Å²) in [5.74, 6) is 0. The lowest BCUT2D eigenvalue weighted by molar-refractivity contribution is 1.04. The summed E-state index contributed by atoms with van der Waals surface area (Å²) in [5, 5.41) is 4.03. The monoisotopic (exact) mass is 193 g/mol. The summed E-state index contributed by atoms with van der Waals surface area (Å²) in [6.07, 6.45) is 1.69. The number of nitrogens with one attached hydrogen (secondary N) is 1. The van der Waals surface area contributed by atoms with Crippen LogP contribution < -0.4 is 11.2 Å². The van der Waals surface area contributed by atoms with Crippen LogP contribution in [0.3, 0.4) is 0 Å². The Bertz CT molecular complexity index is 333. The zero-order chi connectivity index (χ0) is 9.68. The van der Waals surface area contributed by atoms with Crippen LogP contribution in [0.1, 0.15) is 11.1 Å². The van der Waals surface area contributed by atoms with E-state index in [1.807, 2.05) is 31.2 Å². The molecule has 0 aliphatic rings. The zero-order valence-corrected chi connectivity index (χ0v) is 8.14. The van der Waals surface area contributed by atoms with Crippen LogP contribution in [-0.2, 0) is 0 Å². The molecule has 1 rings (SSSR count). The molecule has 4 heteroatoms. The van der Waals surface area contributed by atoms with Gasteiger partial charge in [0.2, 0.25) is 0 Å².